The summed E-state index contributed by atoms with van der Waals surface area (Å²) in [6.07, 6.45) is 0. The van der Waals surface area contributed by atoms with Gasteiger partial charge in [0.25, 0.3) is 5.91 Å². The smallest absolute Gasteiger partial charge is 0.255 e. The summed E-state index contributed by atoms with van der Waals surface area (Å²) in [5.74, 6) is -0.0279. The molecule has 92 valence electrons. The Hall–Kier alpha value is -1.81. The maximum Gasteiger partial charge on any atom is 0.255 e. The Balaban J connectivity index is 2.18. The molecule has 4 heteroatoms. The van der Waals surface area contributed by atoms with E-state index in [0.717, 1.165) is 5.56 Å². The van der Waals surface area contributed by atoms with Gasteiger partial charge in [-0.25, -0.2) is 0 Å². The summed E-state index contributed by atoms with van der Waals surface area (Å²) in [6.45, 7) is 1.94. The van der Waals surface area contributed by atoms with Crippen LogP contribution in [0.15, 0.2) is 46.9 Å². The van der Waals surface area contributed by atoms with Gasteiger partial charge in [0.05, 0.1) is 4.47 Å². The van der Waals surface area contributed by atoms with Crippen molar-refractivity contribution in [1.82, 2.24) is 0 Å². The summed E-state index contributed by atoms with van der Waals surface area (Å²) in [5, 5.41) is 12.1. The van der Waals surface area contributed by atoms with Crippen LogP contribution in [0.5, 0.6) is 5.75 Å². The Labute approximate surface area is 114 Å². The third-order valence-electron chi connectivity index (χ3n) is 2.49. The van der Waals surface area contributed by atoms with Crippen LogP contribution < -0.4 is 5.32 Å². The second kappa shape index (κ2) is 5.23. The summed E-state index contributed by atoms with van der Waals surface area (Å²) in [6, 6.07) is 12.2. The van der Waals surface area contributed by atoms with Crippen molar-refractivity contribution in [3.8, 4) is 5.75 Å². The minimum Gasteiger partial charge on any atom is -0.507 e. The maximum atomic E-state index is 12.0. The standard InChI is InChI=1S/C14H12BrNO2/c1-9-3-2-4-10(7-9)14(18)16-11-5-6-13(17)12(15)8-11/h2-8,17H,1H3,(H,16,18). The van der Waals surface area contributed by atoms with Crippen LogP contribution in [-0.4, -0.2) is 11.0 Å². The monoisotopic (exact) mass is 305 g/mol. The molecule has 0 spiro atoms. The lowest BCUT2D eigenvalue weighted by Crippen LogP contribution is -2.11. The molecule has 0 heterocycles. The lowest BCUT2D eigenvalue weighted by molar-refractivity contribution is 0.102. The number of hydrogen-bond donors (Lipinski definition) is 2. The van der Waals surface area contributed by atoms with Gasteiger partial charge in [-0.05, 0) is 53.2 Å². The second-order valence-electron chi connectivity index (χ2n) is 3.99. The quantitative estimate of drug-likeness (QED) is 0.831. The molecule has 0 aliphatic rings. The molecule has 0 aliphatic carbocycles. The first-order valence-corrected chi connectivity index (χ1v) is 6.22. The normalized spacial score (nSPS) is 10.1. The number of halogens is 1. The molecule has 18 heavy (non-hydrogen) atoms. The van der Waals surface area contributed by atoms with Crippen molar-refractivity contribution >= 4 is 27.5 Å². The van der Waals surface area contributed by atoms with E-state index in [1.807, 2.05) is 25.1 Å². The van der Waals surface area contributed by atoms with E-state index in [1.165, 1.54) is 6.07 Å². The predicted molar refractivity (Wildman–Crippen MR) is 74.9 cm³/mol. The van der Waals surface area contributed by atoms with E-state index >= 15 is 0 Å². The van der Waals surface area contributed by atoms with Gasteiger partial charge in [-0.15, -0.1) is 0 Å². The summed E-state index contributed by atoms with van der Waals surface area (Å²) in [5.41, 5.74) is 2.28. The largest absolute Gasteiger partial charge is 0.507 e. The Bertz CT molecular complexity index is 596. The van der Waals surface area contributed by atoms with E-state index in [2.05, 4.69) is 21.2 Å². The van der Waals surface area contributed by atoms with E-state index in [0.29, 0.717) is 15.7 Å². The summed E-state index contributed by atoms with van der Waals surface area (Å²) >= 11 is 3.20. The Morgan fingerprint density at radius 1 is 1.22 bits per heavy atom. The molecule has 0 fully saturated rings. The number of aryl methyl sites for hydroxylation is 1. The first-order valence-electron chi connectivity index (χ1n) is 5.43. The number of carbonyl (C=O) groups is 1. The molecule has 2 aromatic rings. The molecule has 0 aliphatic heterocycles. The van der Waals surface area contributed by atoms with E-state index in [-0.39, 0.29) is 11.7 Å². The molecule has 0 unspecified atom stereocenters. The van der Waals surface area contributed by atoms with Crippen LogP contribution in [0.1, 0.15) is 15.9 Å². The minimum absolute atomic E-state index is 0.142. The number of rotatable bonds is 2. The third-order valence-corrected chi connectivity index (χ3v) is 3.12. The van der Waals surface area contributed by atoms with Crippen molar-refractivity contribution in [2.24, 2.45) is 0 Å². The van der Waals surface area contributed by atoms with Crippen molar-refractivity contribution in [3.05, 3.63) is 58.1 Å². The van der Waals surface area contributed by atoms with Gasteiger partial charge in [-0.2, -0.15) is 0 Å². The van der Waals surface area contributed by atoms with Crippen LogP contribution in [0, 0.1) is 6.92 Å². The number of phenolic OH excluding ortho intramolecular Hbond substituents is 1. The zero-order valence-electron chi connectivity index (χ0n) is 9.77. The molecule has 2 N–H and O–H groups in total. The molecule has 0 saturated carbocycles. The molecule has 0 bridgehead atoms. The third kappa shape index (κ3) is 2.90. The fourth-order valence-electron chi connectivity index (χ4n) is 1.57. The highest BCUT2D eigenvalue weighted by Gasteiger charge is 2.07. The number of hydrogen-bond acceptors (Lipinski definition) is 2. The van der Waals surface area contributed by atoms with Crippen molar-refractivity contribution in [1.29, 1.82) is 0 Å². The Kier molecular flexibility index (Phi) is 3.67. The average molecular weight is 306 g/mol. The van der Waals surface area contributed by atoms with Crippen LogP contribution in [0.4, 0.5) is 5.69 Å². The second-order valence-corrected chi connectivity index (χ2v) is 4.84. The summed E-state index contributed by atoms with van der Waals surface area (Å²) in [7, 11) is 0. The lowest BCUT2D eigenvalue weighted by Gasteiger charge is -2.07. The van der Waals surface area contributed by atoms with Crippen LogP contribution in [0.3, 0.4) is 0 Å². The Morgan fingerprint density at radius 3 is 2.67 bits per heavy atom. The fraction of sp³-hybridized carbons (Fsp3) is 0.0714. The molecular formula is C14H12BrNO2. The number of carbonyl (C=O) groups excluding carboxylic acids is 1. The van der Waals surface area contributed by atoms with Gasteiger partial charge in [0, 0.05) is 11.3 Å². The van der Waals surface area contributed by atoms with Gasteiger partial charge in [-0.1, -0.05) is 17.7 Å². The van der Waals surface area contributed by atoms with Crippen LogP contribution in [0.25, 0.3) is 0 Å². The number of phenols is 1. The molecular weight excluding hydrogens is 294 g/mol. The average Bonchev–Trinajstić information content (AvgIpc) is 2.34. The summed E-state index contributed by atoms with van der Waals surface area (Å²) in [4.78, 5) is 12.0. The van der Waals surface area contributed by atoms with Crippen LogP contribution >= 0.6 is 15.9 Å². The molecule has 0 atom stereocenters. The van der Waals surface area contributed by atoms with Gasteiger partial charge < -0.3 is 10.4 Å². The molecule has 1 amide bonds. The van der Waals surface area contributed by atoms with E-state index in [1.54, 1.807) is 18.2 Å². The number of aromatic hydroxyl groups is 1. The predicted octanol–water partition coefficient (Wildman–Crippen LogP) is 3.72. The van der Waals surface area contributed by atoms with Crippen molar-refractivity contribution in [2.45, 2.75) is 6.92 Å². The first kappa shape index (κ1) is 12.6. The van der Waals surface area contributed by atoms with E-state index < -0.39 is 0 Å². The minimum atomic E-state index is -0.170. The van der Waals surface area contributed by atoms with Gasteiger partial charge in [-0.3, -0.25) is 4.79 Å². The highest BCUT2D eigenvalue weighted by molar-refractivity contribution is 9.10. The molecule has 2 aromatic carbocycles. The van der Waals surface area contributed by atoms with Crippen molar-refractivity contribution in [2.75, 3.05) is 5.32 Å². The molecule has 0 radical (unpaired) electrons. The van der Waals surface area contributed by atoms with Gasteiger partial charge >= 0.3 is 0 Å². The van der Waals surface area contributed by atoms with Gasteiger partial charge in [0.1, 0.15) is 5.75 Å². The Morgan fingerprint density at radius 2 is 2.00 bits per heavy atom. The van der Waals surface area contributed by atoms with Crippen LogP contribution in [-0.2, 0) is 0 Å². The molecule has 0 saturated heterocycles. The van der Waals surface area contributed by atoms with Gasteiger partial charge in [0.15, 0.2) is 0 Å². The maximum absolute atomic E-state index is 12.0. The zero-order valence-corrected chi connectivity index (χ0v) is 11.4. The topological polar surface area (TPSA) is 49.3 Å². The lowest BCUT2D eigenvalue weighted by atomic mass is 10.1. The molecule has 0 aromatic heterocycles. The highest BCUT2D eigenvalue weighted by Crippen LogP contribution is 2.26. The number of benzene rings is 2. The molecule has 2 rings (SSSR count). The highest BCUT2D eigenvalue weighted by atomic mass is 79.9. The fourth-order valence-corrected chi connectivity index (χ4v) is 1.95. The number of amides is 1. The van der Waals surface area contributed by atoms with Crippen LogP contribution in [0.2, 0.25) is 0 Å². The number of nitrogens with one attached hydrogen (secondary N) is 1. The number of anilines is 1. The van der Waals surface area contributed by atoms with Gasteiger partial charge in [0.2, 0.25) is 0 Å². The zero-order chi connectivity index (χ0) is 13.1. The van der Waals surface area contributed by atoms with Crippen molar-refractivity contribution in [3.63, 3.8) is 0 Å². The van der Waals surface area contributed by atoms with E-state index in [4.69, 9.17) is 0 Å². The van der Waals surface area contributed by atoms with E-state index in [9.17, 15) is 9.90 Å². The van der Waals surface area contributed by atoms with Crippen molar-refractivity contribution < 1.29 is 9.90 Å². The molecule has 3 nitrogen and oxygen atoms in total. The summed E-state index contributed by atoms with van der Waals surface area (Å²) < 4.78 is 0.546. The first-order chi connectivity index (χ1) is 8.56. The SMILES string of the molecule is Cc1cccc(C(=O)Nc2ccc(O)c(Br)c2)c1.